The molecule has 10 heteroatoms. The molecule has 0 saturated heterocycles. The second-order valence-electron chi connectivity index (χ2n) is 5.05. The molecule has 0 spiro atoms. The standard InChI is InChI=1S/C17H16BrNO7S/c1-23-8-4-5-11(18)9(6-8)15(20)26-7-10-12(16(21)24-2)14(19)27-13(10)17(22)25-3/h4-6H,7,19H2,1-3H3. The summed E-state index contributed by atoms with van der Waals surface area (Å²) in [5.74, 6) is -1.66. The van der Waals surface area contributed by atoms with Crippen molar-refractivity contribution in [3.05, 3.63) is 44.2 Å². The Kier molecular flexibility index (Phi) is 6.81. The first kappa shape index (κ1) is 20.7. The third-order valence-corrected chi connectivity index (χ3v) is 5.27. The second-order valence-corrected chi connectivity index (χ2v) is 6.96. The molecule has 0 radical (unpaired) electrons. The van der Waals surface area contributed by atoms with E-state index in [1.807, 2.05) is 0 Å². The molecule has 0 saturated carbocycles. The van der Waals surface area contributed by atoms with Crippen molar-refractivity contribution in [1.82, 2.24) is 0 Å². The van der Waals surface area contributed by atoms with E-state index in [4.69, 9.17) is 24.7 Å². The van der Waals surface area contributed by atoms with Gasteiger partial charge in [-0.15, -0.1) is 11.3 Å². The van der Waals surface area contributed by atoms with Gasteiger partial charge in [0.1, 0.15) is 27.8 Å². The molecule has 144 valence electrons. The van der Waals surface area contributed by atoms with Crippen LogP contribution in [0.15, 0.2) is 22.7 Å². The fraction of sp³-hybridized carbons (Fsp3) is 0.235. The summed E-state index contributed by atoms with van der Waals surface area (Å²) in [5.41, 5.74) is 6.16. The van der Waals surface area contributed by atoms with Crippen molar-refractivity contribution in [2.45, 2.75) is 6.61 Å². The molecule has 0 aliphatic carbocycles. The summed E-state index contributed by atoms with van der Waals surface area (Å²) in [5, 5.41) is 0.0656. The number of carbonyl (C=O) groups is 3. The van der Waals surface area contributed by atoms with E-state index in [9.17, 15) is 14.4 Å². The third-order valence-electron chi connectivity index (χ3n) is 3.54. The molecule has 0 amide bonds. The van der Waals surface area contributed by atoms with Gasteiger partial charge in [0, 0.05) is 10.0 Å². The Bertz CT molecular complexity index is 894. The molecule has 2 aromatic rings. The molecule has 2 N–H and O–H groups in total. The van der Waals surface area contributed by atoms with E-state index in [2.05, 4.69) is 15.9 Å². The van der Waals surface area contributed by atoms with Crippen molar-refractivity contribution in [3.63, 3.8) is 0 Å². The number of methoxy groups -OCH3 is 3. The van der Waals surface area contributed by atoms with Gasteiger partial charge in [-0.1, -0.05) is 0 Å². The summed E-state index contributed by atoms with van der Waals surface area (Å²) in [6.07, 6.45) is 0. The van der Waals surface area contributed by atoms with Gasteiger partial charge in [-0.05, 0) is 34.1 Å². The number of thiophene rings is 1. The molecule has 1 aromatic heterocycles. The zero-order valence-corrected chi connectivity index (χ0v) is 17.1. The van der Waals surface area contributed by atoms with Crippen molar-refractivity contribution in [2.24, 2.45) is 0 Å². The predicted molar refractivity (Wildman–Crippen MR) is 101 cm³/mol. The molecule has 27 heavy (non-hydrogen) atoms. The van der Waals surface area contributed by atoms with Gasteiger partial charge in [-0.3, -0.25) is 0 Å². The van der Waals surface area contributed by atoms with Crippen LogP contribution in [0.2, 0.25) is 0 Å². The third kappa shape index (κ3) is 4.40. The molecular weight excluding hydrogens is 442 g/mol. The van der Waals surface area contributed by atoms with Gasteiger partial charge in [-0.25, -0.2) is 14.4 Å². The Morgan fingerprint density at radius 1 is 1.07 bits per heavy atom. The summed E-state index contributed by atoms with van der Waals surface area (Å²) in [6, 6.07) is 4.81. The number of nitrogen functional groups attached to an aromatic ring is 1. The number of anilines is 1. The van der Waals surface area contributed by atoms with Crippen LogP contribution >= 0.6 is 27.3 Å². The van der Waals surface area contributed by atoms with Crippen molar-refractivity contribution < 1.29 is 33.3 Å². The minimum Gasteiger partial charge on any atom is -0.497 e. The topological polar surface area (TPSA) is 114 Å². The van der Waals surface area contributed by atoms with Crippen LogP contribution in [-0.2, 0) is 20.8 Å². The molecule has 8 nitrogen and oxygen atoms in total. The molecule has 0 fully saturated rings. The van der Waals surface area contributed by atoms with E-state index in [1.54, 1.807) is 12.1 Å². The number of ether oxygens (including phenoxy) is 4. The van der Waals surface area contributed by atoms with Gasteiger partial charge < -0.3 is 24.7 Å². The predicted octanol–water partition coefficient (Wildman–Crippen LogP) is 3.03. The lowest BCUT2D eigenvalue weighted by Crippen LogP contribution is -2.13. The zero-order chi connectivity index (χ0) is 20.1. The molecule has 0 atom stereocenters. The van der Waals surface area contributed by atoms with Crippen molar-refractivity contribution >= 4 is 50.2 Å². The molecule has 0 aliphatic rings. The Labute approximate surface area is 167 Å². The maximum Gasteiger partial charge on any atom is 0.348 e. The zero-order valence-electron chi connectivity index (χ0n) is 14.7. The number of carbonyl (C=O) groups excluding carboxylic acids is 3. The van der Waals surface area contributed by atoms with E-state index in [0.29, 0.717) is 10.2 Å². The summed E-state index contributed by atoms with van der Waals surface area (Å²) in [4.78, 5) is 36.5. The number of hydrogen-bond donors (Lipinski definition) is 1. The SMILES string of the molecule is COC(=O)c1sc(N)c(C(=O)OC)c1COC(=O)c1cc(OC)ccc1Br. The molecule has 2 rings (SSSR count). The van der Waals surface area contributed by atoms with Crippen LogP contribution in [0, 0.1) is 0 Å². The number of esters is 3. The van der Waals surface area contributed by atoms with Crippen LogP contribution in [0.4, 0.5) is 5.00 Å². The van der Waals surface area contributed by atoms with E-state index in [-0.39, 0.29) is 33.2 Å². The van der Waals surface area contributed by atoms with E-state index >= 15 is 0 Å². The molecule has 0 unspecified atom stereocenters. The summed E-state index contributed by atoms with van der Waals surface area (Å²) in [7, 11) is 3.84. The Hall–Kier alpha value is -2.59. The highest BCUT2D eigenvalue weighted by Gasteiger charge is 2.28. The first-order chi connectivity index (χ1) is 12.8. The highest BCUT2D eigenvalue weighted by atomic mass is 79.9. The smallest absolute Gasteiger partial charge is 0.348 e. The molecule has 0 bridgehead atoms. The summed E-state index contributed by atoms with van der Waals surface area (Å²) < 4.78 is 20.3. The number of hydrogen-bond acceptors (Lipinski definition) is 9. The minimum absolute atomic E-state index is 0.0274. The number of rotatable bonds is 6. The van der Waals surface area contributed by atoms with Gasteiger partial charge in [0.15, 0.2) is 0 Å². The summed E-state index contributed by atoms with van der Waals surface area (Å²) in [6.45, 7) is -0.370. The lowest BCUT2D eigenvalue weighted by Gasteiger charge is -2.10. The summed E-state index contributed by atoms with van der Waals surface area (Å²) >= 11 is 4.12. The largest absolute Gasteiger partial charge is 0.497 e. The first-order valence-corrected chi connectivity index (χ1v) is 9.03. The van der Waals surface area contributed by atoms with Crippen LogP contribution in [0.1, 0.15) is 36.0 Å². The van der Waals surface area contributed by atoms with Gasteiger partial charge in [0.05, 0.1) is 26.9 Å². The quantitative estimate of drug-likeness (QED) is 0.519. The normalized spacial score (nSPS) is 10.2. The van der Waals surface area contributed by atoms with Crippen molar-refractivity contribution in [3.8, 4) is 5.75 Å². The van der Waals surface area contributed by atoms with E-state index < -0.39 is 17.9 Å². The van der Waals surface area contributed by atoms with Crippen molar-refractivity contribution in [2.75, 3.05) is 27.1 Å². The monoisotopic (exact) mass is 457 g/mol. The molecule has 0 aliphatic heterocycles. The Morgan fingerprint density at radius 3 is 2.33 bits per heavy atom. The highest BCUT2D eigenvalue weighted by Crippen LogP contribution is 2.33. The lowest BCUT2D eigenvalue weighted by molar-refractivity contribution is 0.0451. The van der Waals surface area contributed by atoms with Crippen molar-refractivity contribution in [1.29, 1.82) is 0 Å². The van der Waals surface area contributed by atoms with Crippen LogP contribution < -0.4 is 10.5 Å². The number of halogens is 1. The number of nitrogens with two attached hydrogens (primary N) is 1. The van der Waals surface area contributed by atoms with E-state index in [0.717, 1.165) is 11.3 Å². The fourth-order valence-electron chi connectivity index (χ4n) is 2.21. The molecule has 1 heterocycles. The number of benzene rings is 1. The maximum atomic E-state index is 12.4. The molecular formula is C17H16BrNO7S. The highest BCUT2D eigenvalue weighted by molar-refractivity contribution is 9.10. The van der Waals surface area contributed by atoms with Gasteiger partial charge in [0.25, 0.3) is 0 Å². The minimum atomic E-state index is -0.743. The van der Waals surface area contributed by atoms with Gasteiger partial charge >= 0.3 is 17.9 Å². The van der Waals surface area contributed by atoms with Crippen LogP contribution in [0.3, 0.4) is 0 Å². The van der Waals surface area contributed by atoms with Gasteiger partial charge in [-0.2, -0.15) is 0 Å². The first-order valence-electron chi connectivity index (χ1n) is 7.42. The lowest BCUT2D eigenvalue weighted by atomic mass is 10.1. The average Bonchev–Trinajstić information content (AvgIpc) is 3.01. The average molecular weight is 458 g/mol. The van der Waals surface area contributed by atoms with E-state index in [1.165, 1.54) is 27.4 Å². The Morgan fingerprint density at radius 2 is 1.74 bits per heavy atom. The molecule has 1 aromatic carbocycles. The van der Waals surface area contributed by atoms with Crippen LogP contribution in [0.25, 0.3) is 0 Å². The second kappa shape index (κ2) is 8.87. The fourth-order valence-corrected chi connectivity index (χ4v) is 3.60. The Balaban J connectivity index is 2.35. The maximum absolute atomic E-state index is 12.4. The van der Waals surface area contributed by atoms with Crippen LogP contribution in [0.5, 0.6) is 5.75 Å². The van der Waals surface area contributed by atoms with Gasteiger partial charge in [0.2, 0.25) is 0 Å². The van der Waals surface area contributed by atoms with Crippen LogP contribution in [-0.4, -0.2) is 39.2 Å².